The molecule has 0 unspecified atom stereocenters. The van der Waals surface area contributed by atoms with Gasteiger partial charge in [-0.2, -0.15) is 5.10 Å². The first-order valence-corrected chi connectivity index (χ1v) is 10.5. The summed E-state index contributed by atoms with van der Waals surface area (Å²) in [5, 5.41) is 4.82. The number of amides is 1. The van der Waals surface area contributed by atoms with Gasteiger partial charge < -0.3 is 14.4 Å². The summed E-state index contributed by atoms with van der Waals surface area (Å²) in [4.78, 5) is 14.6. The second-order valence-corrected chi connectivity index (χ2v) is 7.50. The van der Waals surface area contributed by atoms with E-state index in [1.165, 1.54) is 6.42 Å². The Hall–Kier alpha value is -3.54. The van der Waals surface area contributed by atoms with E-state index in [9.17, 15) is 4.79 Å². The van der Waals surface area contributed by atoms with Crippen molar-refractivity contribution in [1.29, 1.82) is 0 Å². The molecule has 1 aliphatic rings. The van der Waals surface area contributed by atoms with Gasteiger partial charge in [-0.3, -0.25) is 4.79 Å². The second kappa shape index (κ2) is 9.51. The van der Waals surface area contributed by atoms with E-state index < -0.39 is 0 Å². The maximum atomic E-state index is 12.7. The molecule has 1 saturated heterocycles. The molecule has 3 aromatic rings. The average molecular weight is 418 g/mol. The highest BCUT2D eigenvalue weighted by atomic mass is 16.5. The van der Waals surface area contributed by atoms with Gasteiger partial charge in [0.2, 0.25) is 5.91 Å². The fourth-order valence-corrected chi connectivity index (χ4v) is 3.81. The first kappa shape index (κ1) is 20.7. The molecule has 160 valence electrons. The molecule has 1 aliphatic heterocycles. The zero-order valence-electron chi connectivity index (χ0n) is 18.0. The molecular formula is C25H27N3O3. The monoisotopic (exact) mass is 417 g/mol. The van der Waals surface area contributed by atoms with E-state index in [0.29, 0.717) is 11.5 Å². The smallest absolute Gasteiger partial charge is 0.246 e. The second-order valence-electron chi connectivity index (χ2n) is 7.50. The number of ether oxygens (including phenoxy) is 2. The van der Waals surface area contributed by atoms with Gasteiger partial charge >= 0.3 is 0 Å². The van der Waals surface area contributed by atoms with Crippen molar-refractivity contribution in [2.24, 2.45) is 0 Å². The highest BCUT2D eigenvalue weighted by molar-refractivity contribution is 5.93. The van der Waals surface area contributed by atoms with Crippen molar-refractivity contribution >= 4 is 12.0 Å². The summed E-state index contributed by atoms with van der Waals surface area (Å²) in [5.74, 6) is 1.34. The number of methoxy groups -OCH3 is 2. The van der Waals surface area contributed by atoms with E-state index in [0.717, 1.165) is 48.4 Å². The summed E-state index contributed by atoms with van der Waals surface area (Å²) < 4.78 is 12.7. The van der Waals surface area contributed by atoms with Gasteiger partial charge in [0.15, 0.2) is 11.5 Å². The standard InChI is InChI=1S/C25H27N3O3/c1-30-22-13-11-19(17-23(22)31-2)25-20(12-14-24(29)27-15-7-4-8-16-27)18-28(26-25)21-9-5-3-6-10-21/h3,5-6,9-14,17-18H,4,7-8,15-16H2,1-2H3/b14-12+. The Morgan fingerprint density at radius 3 is 2.42 bits per heavy atom. The van der Waals surface area contributed by atoms with Crippen LogP contribution in [0.15, 0.2) is 60.8 Å². The van der Waals surface area contributed by atoms with E-state index in [1.54, 1.807) is 20.3 Å². The quantitative estimate of drug-likeness (QED) is 0.551. The van der Waals surface area contributed by atoms with Gasteiger partial charge in [-0.1, -0.05) is 18.2 Å². The molecule has 1 amide bonds. The zero-order chi connectivity index (χ0) is 21.6. The Labute approximate surface area is 182 Å². The number of carbonyl (C=O) groups is 1. The van der Waals surface area contributed by atoms with Crippen LogP contribution in [0.1, 0.15) is 24.8 Å². The summed E-state index contributed by atoms with van der Waals surface area (Å²) in [7, 11) is 3.23. The van der Waals surface area contributed by atoms with Crippen molar-refractivity contribution < 1.29 is 14.3 Å². The van der Waals surface area contributed by atoms with Crippen LogP contribution in [0.4, 0.5) is 0 Å². The molecule has 2 aromatic carbocycles. The number of carbonyl (C=O) groups excluding carboxylic acids is 1. The maximum Gasteiger partial charge on any atom is 0.246 e. The Morgan fingerprint density at radius 1 is 0.968 bits per heavy atom. The van der Waals surface area contributed by atoms with Crippen molar-refractivity contribution in [1.82, 2.24) is 14.7 Å². The Kier molecular flexibility index (Phi) is 6.36. The van der Waals surface area contributed by atoms with Gasteiger partial charge in [-0.05, 0) is 55.7 Å². The molecule has 1 fully saturated rings. The van der Waals surface area contributed by atoms with E-state index in [2.05, 4.69) is 0 Å². The van der Waals surface area contributed by atoms with E-state index in [4.69, 9.17) is 14.6 Å². The lowest BCUT2D eigenvalue weighted by Gasteiger charge is -2.25. The molecule has 0 saturated carbocycles. The van der Waals surface area contributed by atoms with Crippen LogP contribution in [0, 0.1) is 0 Å². The number of hydrogen-bond donors (Lipinski definition) is 0. The fourth-order valence-electron chi connectivity index (χ4n) is 3.81. The van der Waals surface area contributed by atoms with Crippen LogP contribution in [0.5, 0.6) is 11.5 Å². The Morgan fingerprint density at radius 2 is 1.71 bits per heavy atom. The normalized spacial score (nSPS) is 14.1. The molecule has 0 bridgehead atoms. The molecule has 2 heterocycles. The molecule has 0 aliphatic carbocycles. The number of hydrogen-bond acceptors (Lipinski definition) is 4. The number of aromatic nitrogens is 2. The minimum Gasteiger partial charge on any atom is -0.493 e. The molecule has 4 rings (SSSR count). The van der Waals surface area contributed by atoms with Crippen LogP contribution in [0.3, 0.4) is 0 Å². The number of piperidine rings is 1. The van der Waals surface area contributed by atoms with Crippen molar-refractivity contribution in [2.45, 2.75) is 19.3 Å². The molecule has 1 aromatic heterocycles. The van der Waals surface area contributed by atoms with Crippen LogP contribution < -0.4 is 9.47 Å². The van der Waals surface area contributed by atoms with Crippen LogP contribution in [0.25, 0.3) is 23.0 Å². The lowest BCUT2D eigenvalue weighted by molar-refractivity contribution is -0.126. The van der Waals surface area contributed by atoms with Gasteiger partial charge in [0, 0.05) is 36.5 Å². The third-order valence-electron chi connectivity index (χ3n) is 5.49. The van der Waals surface area contributed by atoms with Gasteiger partial charge in [0.05, 0.1) is 19.9 Å². The summed E-state index contributed by atoms with van der Waals surface area (Å²) in [6.07, 6.45) is 8.80. The molecule has 0 spiro atoms. The summed E-state index contributed by atoms with van der Waals surface area (Å²) >= 11 is 0. The maximum absolute atomic E-state index is 12.7. The summed E-state index contributed by atoms with van der Waals surface area (Å²) in [5.41, 5.74) is 3.47. The van der Waals surface area contributed by atoms with Gasteiger partial charge in [-0.15, -0.1) is 0 Å². The number of nitrogens with zero attached hydrogens (tertiary/aromatic N) is 3. The predicted molar refractivity (Wildman–Crippen MR) is 122 cm³/mol. The minimum atomic E-state index is 0.0467. The number of likely N-dealkylation sites (tertiary alicyclic amines) is 1. The molecule has 0 N–H and O–H groups in total. The molecular weight excluding hydrogens is 390 g/mol. The van der Waals surface area contributed by atoms with Gasteiger partial charge in [0.25, 0.3) is 0 Å². The SMILES string of the molecule is COc1ccc(-c2nn(-c3ccccc3)cc2/C=C/C(=O)N2CCCCC2)cc1OC. The zero-order valence-corrected chi connectivity index (χ0v) is 18.0. The first-order chi connectivity index (χ1) is 15.2. The van der Waals surface area contributed by atoms with Crippen molar-refractivity contribution in [2.75, 3.05) is 27.3 Å². The highest BCUT2D eigenvalue weighted by Gasteiger charge is 2.16. The third kappa shape index (κ3) is 4.63. The average Bonchev–Trinajstić information content (AvgIpc) is 3.27. The van der Waals surface area contributed by atoms with Gasteiger partial charge in [-0.25, -0.2) is 4.68 Å². The summed E-state index contributed by atoms with van der Waals surface area (Å²) in [6, 6.07) is 15.6. The molecule has 0 radical (unpaired) electrons. The number of para-hydroxylation sites is 1. The molecule has 6 heteroatoms. The lowest BCUT2D eigenvalue weighted by atomic mass is 10.1. The van der Waals surface area contributed by atoms with Crippen molar-refractivity contribution in [3.63, 3.8) is 0 Å². The van der Waals surface area contributed by atoms with Crippen LogP contribution in [-0.2, 0) is 4.79 Å². The number of rotatable bonds is 6. The Bertz CT molecular complexity index is 1070. The number of benzene rings is 2. The Balaban J connectivity index is 1.72. The predicted octanol–water partition coefficient (Wildman–Crippen LogP) is 4.58. The van der Waals surface area contributed by atoms with Crippen LogP contribution >= 0.6 is 0 Å². The van der Waals surface area contributed by atoms with Crippen molar-refractivity contribution in [3.05, 3.63) is 66.4 Å². The van der Waals surface area contributed by atoms with E-state index >= 15 is 0 Å². The van der Waals surface area contributed by atoms with Crippen LogP contribution in [0.2, 0.25) is 0 Å². The fraction of sp³-hybridized carbons (Fsp3) is 0.280. The van der Waals surface area contributed by atoms with Crippen LogP contribution in [-0.4, -0.2) is 47.9 Å². The van der Waals surface area contributed by atoms with E-state index in [-0.39, 0.29) is 5.91 Å². The molecule has 0 atom stereocenters. The largest absolute Gasteiger partial charge is 0.493 e. The first-order valence-electron chi connectivity index (χ1n) is 10.5. The van der Waals surface area contributed by atoms with E-state index in [1.807, 2.05) is 70.4 Å². The molecule has 31 heavy (non-hydrogen) atoms. The lowest BCUT2D eigenvalue weighted by Crippen LogP contribution is -2.34. The summed E-state index contributed by atoms with van der Waals surface area (Å²) in [6.45, 7) is 1.66. The third-order valence-corrected chi connectivity index (χ3v) is 5.49. The topological polar surface area (TPSA) is 56.6 Å². The van der Waals surface area contributed by atoms with Gasteiger partial charge in [0.1, 0.15) is 5.69 Å². The molecule has 6 nitrogen and oxygen atoms in total. The van der Waals surface area contributed by atoms with Crippen molar-refractivity contribution in [3.8, 4) is 28.4 Å². The highest BCUT2D eigenvalue weighted by Crippen LogP contribution is 2.33. The minimum absolute atomic E-state index is 0.0467.